The molecule has 0 saturated heterocycles. The van der Waals surface area contributed by atoms with Crippen molar-refractivity contribution in [1.82, 2.24) is 5.32 Å². The summed E-state index contributed by atoms with van der Waals surface area (Å²) in [7, 11) is 0. The van der Waals surface area contributed by atoms with Gasteiger partial charge in [0, 0.05) is 23.4 Å². The molecule has 0 heterocycles. The molecular weight excluding hydrogens is 359 g/mol. The first kappa shape index (κ1) is 19.3. The number of amides is 2. The molecular formula is C22H19FN2O3. The first-order valence-corrected chi connectivity index (χ1v) is 8.71. The van der Waals surface area contributed by atoms with Crippen LogP contribution in [0.5, 0.6) is 0 Å². The lowest BCUT2D eigenvalue weighted by molar-refractivity contribution is 0.0916. The van der Waals surface area contributed by atoms with Crippen LogP contribution in [0.3, 0.4) is 0 Å². The minimum absolute atomic E-state index is 0.0468. The second-order valence-corrected chi connectivity index (χ2v) is 6.18. The number of aliphatic hydroxyl groups is 1. The number of hydrogen-bond donors (Lipinski definition) is 3. The highest BCUT2D eigenvalue weighted by Crippen LogP contribution is 2.14. The standard InChI is InChI=1S/C22H19FN2O3/c23-18-8-4-7-17(13-18)20(26)14-24-21(27)16-9-11-19(12-10-16)25-22(28)15-5-2-1-3-6-15/h1-13,20,26H,14H2,(H,24,27)(H,25,28). The van der Waals surface area contributed by atoms with Crippen LogP contribution < -0.4 is 10.6 Å². The number of carbonyl (C=O) groups excluding carboxylic acids is 2. The molecule has 142 valence electrons. The van der Waals surface area contributed by atoms with E-state index in [4.69, 9.17) is 0 Å². The molecule has 3 N–H and O–H groups in total. The summed E-state index contributed by atoms with van der Waals surface area (Å²) < 4.78 is 13.2. The van der Waals surface area contributed by atoms with E-state index in [1.165, 1.54) is 18.2 Å². The Labute approximate surface area is 161 Å². The van der Waals surface area contributed by atoms with Gasteiger partial charge in [0.05, 0.1) is 6.10 Å². The minimum Gasteiger partial charge on any atom is -0.387 e. The summed E-state index contributed by atoms with van der Waals surface area (Å²) in [6.45, 7) is -0.0468. The van der Waals surface area contributed by atoms with Gasteiger partial charge in [-0.25, -0.2) is 4.39 Å². The van der Waals surface area contributed by atoms with Crippen molar-refractivity contribution in [2.45, 2.75) is 6.10 Å². The van der Waals surface area contributed by atoms with Gasteiger partial charge in [-0.05, 0) is 54.1 Å². The molecule has 0 aliphatic rings. The van der Waals surface area contributed by atoms with Crippen LogP contribution in [0.2, 0.25) is 0 Å². The Bertz CT molecular complexity index is 959. The minimum atomic E-state index is -1.01. The van der Waals surface area contributed by atoms with Gasteiger partial charge in [-0.1, -0.05) is 30.3 Å². The average Bonchev–Trinajstić information content (AvgIpc) is 2.73. The summed E-state index contributed by atoms with van der Waals surface area (Å²) in [5.41, 5.74) is 1.87. The Kier molecular flexibility index (Phi) is 6.14. The zero-order valence-corrected chi connectivity index (χ0v) is 14.9. The lowest BCUT2D eigenvalue weighted by atomic mass is 10.1. The predicted octanol–water partition coefficient (Wildman–Crippen LogP) is 3.54. The van der Waals surface area contributed by atoms with Crippen LogP contribution in [0.25, 0.3) is 0 Å². The van der Waals surface area contributed by atoms with Gasteiger partial charge in [-0.2, -0.15) is 0 Å². The maximum Gasteiger partial charge on any atom is 0.255 e. The molecule has 1 atom stereocenters. The largest absolute Gasteiger partial charge is 0.387 e. The van der Waals surface area contributed by atoms with Crippen LogP contribution in [0, 0.1) is 5.82 Å². The molecule has 0 bridgehead atoms. The quantitative estimate of drug-likeness (QED) is 0.614. The predicted molar refractivity (Wildman–Crippen MR) is 105 cm³/mol. The summed E-state index contributed by atoms with van der Waals surface area (Å²) >= 11 is 0. The molecule has 5 nitrogen and oxygen atoms in total. The number of hydrogen-bond acceptors (Lipinski definition) is 3. The molecule has 3 aromatic rings. The van der Waals surface area contributed by atoms with Crippen LogP contribution >= 0.6 is 0 Å². The van der Waals surface area contributed by atoms with E-state index in [0.717, 1.165) is 0 Å². The van der Waals surface area contributed by atoms with Crippen molar-refractivity contribution in [3.8, 4) is 0 Å². The topological polar surface area (TPSA) is 78.4 Å². The second-order valence-electron chi connectivity index (χ2n) is 6.18. The van der Waals surface area contributed by atoms with Crippen LogP contribution in [0.15, 0.2) is 78.9 Å². The molecule has 3 aromatic carbocycles. The molecule has 0 saturated carbocycles. The van der Waals surface area contributed by atoms with E-state index in [0.29, 0.717) is 22.4 Å². The highest BCUT2D eigenvalue weighted by Gasteiger charge is 2.12. The average molecular weight is 378 g/mol. The van der Waals surface area contributed by atoms with E-state index < -0.39 is 11.9 Å². The number of carbonyl (C=O) groups is 2. The molecule has 0 fully saturated rings. The molecule has 0 spiro atoms. The van der Waals surface area contributed by atoms with Gasteiger partial charge < -0.3 is 15.7 Å². The van der Waals surface area contributed by atoms with Crippen LogP contribution in [-0.2, 0) is 0 Å². The Balaban J connectivity index is 1.55. The lowest BCUT2D eigenvalue weighted by Crippen LogP contribution is -2.28. The molecule has 6 heteroatoms. The number of nitrogens with one attached hydrogen (secondary N) is 2. The lowest BCUT2D eigenvalue weighted by Gasteiger charge is -2.12. The Hall–Kier alpha value is -3.51. The van der Waals surface area contributed by atoms with Crippen molar-refractivity contribution in [2.75, 3.05) is 11.9 Å². The number of anilines is 1. The van der Waals surface area contributed by atoms with E-state index in [2.05, 4.69) is 10.6 Å². The molecule has 2 amide bonds. The van der Waals surface area contributed by atoms with Gasteiger partial charge in [0.15, 0.2) is 0 Å². The van der Waals surface area contributed by atoms with Crippen LogP contribution in [0.4, 0.5) is 10.1 Å². The number of benzene rings is 3. The smallest absolute Gasteiger partial charge is 0.255 e. The Morgan fingerprint density at radius 1 is 0.857 bits per heavy atom. The van der Waals surface area contributed by atoms with E-state index >= 15 is 0 Å². The van der Waals surface area contributed by atoms with Gasteiger partial charge in [0.2, 0.25) is 0 Å². The molecule has 0 aromatic heterocycles. The maximum absolute atomic E-state index is 13.2. The summed E-state index contributed by atoms with van der Waals surface area (Å²) in [6, 6.07) is 20.8. The fourth-order valence-electron chi connectivity index (χ4n) is 2.62. The number of rotatable bonds is 6. The van der Waals surface area contributed by atoms with E-state index in [1.54, 1.807) is 54.6 Å². The van der Waals surface area contributed by atoms with Crippen molar-refractivity contribution in [1.29, 1.82) is 0 Å². The summed E-state index contributed by atoms with van der Waals surface area (Å²) in [4.78, 5) is 24.3. The van der Waals surface area contributed by atoms with Crippen molar-refractivity contribution in [3.63, 3.8) is 0 Å². The first-order chi connectivity index (χ1) is 13.5. The number of halogens is 1. The van der Waals surface area contributed by atoms with Gasteiger partial charge in [0.1, 0.15) is 5.82 Å². The SMILES string of the molecule is O=C(NCC(O)c1cccc(F)c1)c1ccc(NC(=O)c2ccccc2)cc1. The van der Waals surface area contributed by atoms with Gasteiger partial charge in [-0.15, -0.1) is 0 Å². The molecule has 0 aliphatic carbocycles. The monoisotopic (exact) mass is 378 g/mol. The van der Waals surface area contributed by atoms with Crippen molar-refractivity contribution >= 4 is 17.5 Å². The molecule has 28 heavy (non-hydrogen) atoms. The van der Waals surface area contributed by atoms with Crippen molar-refractivity contribution in [3.05, 3.63) is 101 Å². The highest BCUT2D eigenvalue weighted by atomic mass is 19.1. The normalized spacial score (nSPS) is 11.5. The number of aliphatic hydroxyl groups excluding tert-OH is 1. The van der Waals surface area contributed by atoms with Gasteiger partial charge in [-0.3, -0.25) is 9.59 Å². The molecule has 0 aliphatic heterocycles. The van der Waals surface area contributed by atoms with E-state index in [9.17, 15) is 19.1 Å². The zero-order chi connectivity index (χ0) is 19.9. The highest BCUT2D eigenvalue weighted by molar-refractivity contribution is 6.04. The van der Waals surface area contributed by atoms with Crippen LogP contribution in [0.1, 0.15) is 32.4 Å². The Morgan fingerprint density at radius 3 is 2.21 bits per heavy atom. The summed E-state index contributed by atoms with van der Waals surface area (Å²) in [6.07, 6.45) is -1.01. The van der Waals surface area contributed by atoms with Crippen LogP contribution in [-0.4, -0.2) is 23.5 Å². The second kappa shape index (κ2) is 8.92. The fraction of sp³-hybridized carbons (Fsp3) is 0.0909. The third-order valence-corrected chi connectivity index (χ3v) is 4.13. The van der Waals surface area contributed by atoms with Crippen molar-refractivity contribution in [2.24, 2.45) is 0 Å². The van der Waals surface area contributed by atoms with Gasteiger partial charge >= 0.3 is 0 Å². The molecule has 3 rings (SSSR count). The van der Waals surface area contributed by atoms with E-state index in [-0.39, 0.29) is 18.4 Å². The summed E-state index contributed by atoms with van der Waals surface area (Å²) in [5, 5.41) is 15.4. The molecule has 1 unspecified atom stereocenters. The Morgan fingerprint density at radius 2 is 1.54 bits per heavy atom. The molecule has 0 radical (unpaired) electrons. The van der Waals surface area contributed by atoms with Crippen molar-refractivity contribution < 1.29 is 19.1 Å². The summed E-state index contributed by atoms with van der Waals surface area (Å²) in [5.74, 6) is -1.07. The fourth-order valence-corrected chi connectivity index (χ4v) is 2.62. The van der Waals surface area contributed by atoms with Gasteiger partial charge in [0.25, 0.3) is 11.8 Å². The third kappa shape index (κ3) is 5.02. The maximum atomic E-state index is 13.2. The van der Waals surface area contributed by atoms with E-state index in [1.807, 2.05) is 6.07 Å². The zero-order valence-electron chi connectivity index (χ0n) is 14.9. The first-order valence-electron chi connectivity index (χ1n) is 8.71. The third-order valence-electron chi connectivity index (χ3n) is 4.13.